The molecule has 1 unspecified atom stereocenters. The predicted octanol–water partition coefficient (Wildman–Crippen LogP) is 1.54. The predicted molar refractivity (Wildman–Crippen MR) is 61.8 cm³/mol. The molecular weight excluding hydrogens is 228 g/mol. The van der Waals surface area contributed by atoms with Gasteiger partial charge in [0.1, 0.15) is 0 Å². The maximum absolute atomic E-state index is 12.0. The van der Waals surface area contributed by atoms with Gasteiger partial charge in [-0.1, -0.05) is 26.2 Å². The SMILES string of the molecule is COC(=O)C(C)CS(=O)(=O)C1CCCCC1. The smallest absolute Gasteiger partial charge is 0.309 e. The maximum atomic E-state index is 12.0. The van der Waals surface area contributed by atoms with Gasteiger partial charge in [0.25, 0.3) is 0 Å². The average Bonchev–Trinajstić information content (AvgIpc) is 2.28. The second kappa shape index (κ2) is 5.66. The molecule has 0 spiro atoms. The molecule has 1 atom stereocenters. The van der Waals surface area contributed by atoms with Crippen LogP contribution in [-0.4, -0.2) is 32.5 Å². The van der Waals surface area contributed by atoms with E-state index in [0.29, 0.717) is 0 Å². The zero-order valence-electron chi connectivity index (χ0n) is 9.94. The van der Waals surface area contributed by atoms with E-state index in [1.807, 2.05) is 0 Å². The van der Waals surface area contributed by atoms with E-state index in [1.54, 1.807) is 6.92 Å². The van der Waals surface area contributed by atoms with Crippen molar-refractivity contribution in [3.63, 3.8) is 0 Å². The molecule has 0 aliphatic heterocycles. The Morgan fingerprint density at radius 3 is 2.38 bits per heavy atom. The minimum Gasteiger partial charge on any atom is -0.469 e. The highest BCUT2D eigenvalue weighted by Crippen LogP contribution is 2.25. The molecule has 0 aromatic rings. The van der Waals surface area contributed by atoms with Crippen LogP contribution in [0.4, 0.5) is 0 Å². The minimum atomic E-state index is -3.14. The molecule has 0 aromatic heterocycles. The molecular formula is C11H20O4S. The number of hydrogen-bond acceptors (Lipinski definition) is 4. The van der Waals surface area contributed by atoms with Crippen LogP contribution in [0.5, 0.6) is 0 Å². The third-order valence-electron chi connectivity index (χ3n) is 3.15. The lowest BCUT2D eigenvalue weighted by Crippen LogP contribution is -2.31. The Morgan fingerprint density at radius 2 is 1.88 bits per heavy atom. The molecule has 1 fully saturated rings. The Bertz CT molecular complexity index is 328. The molecule has 0 bridgehead atoms. The van der Waals surface area contributed by atoms with E-state index in [2.05, 4.69) is 4.74 Å². The van der Waals surface area contributed by atoms with Gasteiger partial charge in [-0.2, -0.15) is 0 Å². The van der Waals surface area contributed by atoms with Gasteiger partial charge in [-0.25, -0.2) is 8.42 Å². The number of hydrogen-bond donors (Lipinski definition) is 0. The summed E-state index contributed by atoms with van der Waals surface area (Å²) in [4.78, 5) is 11.2. The quantitative estimate of drug-likeness (QED) is 0.708. The number of carbonyl (C=O) groups is 1. The highest BCUT2D eigenvalue weighted by Gasteiger charge is 2.30. The van der Waals surface area contributed by atoms with Gasteiger partial charge in [0.05, 0.1) is 24.0 Å². The zero-order valence-corrected chi connectivity index (χ0v) is 10.8. The van der Waals surface area contributed by atoms with E-state index in [1.165, 1.54) is 7.11 Å². The number of ether oxygens (including phenoxy) is 1. The second-order valence-electron chi connectivity index (χ2n) is 4.51. The molecule has 0 amide bonds. The summed E-state index contributed by atoms with van der Waals surface area (Å²) in [6.45, 7) is 1.60. The van der Waals surface area contributed by atoms with Gasteiger partial charge < -0.3 is 4.74 Å². The summed E-state index contributed by atoms with van der Waals surface area (Å²) >= 11 is 0. The van der Waals surface area contributed by atoms with E-state index in [4.69, 9.17) is 0 Å². The number of sulfone groups is 1. The van der Waals surface area contributed by atoms with Gasteiger partial charge in [0.15, 0.2) is 9.84 Å². The van der Waals surface area contributed by atoms with Gasteiger partial charge >= 0.3 is 5.97 Å². The van der Waals surface area contributed by atoms with Crippen molar-refractivity contribution >= 4 is 15.8 Å². The average molecular weight is 248 g/mol. The van der Waals surface area contributed by atoms with Crippen LogP contribution < -0.4 is 0 Å². The molecule has 1 aliphatic rings. The molecule has 1 aliphatic carbocycles. The number of carbonyl (C=O) groups excluding carboxylic acids is 1. The lowest BCUT2D eigenvalue weighted by atomic mass is 10.0. The first kappa shape index (κ1) is 13.5. The van der Waals surface area contributed by atoms with Crippen LogP contribution in [0.25, 0.3) is 0 Å². The van der Waals surface area contributed by atoms with E-state index in [0.717, 1.165) is 32.1 Å². The van der Waals surface area contributed by atoms with Crippen molar-refractivity contribution in [1.29, 1.82) is 0 Å². The molecule has 0 heterocycles. The molecule has 1 saturated carbocycles. The van der Waals surface area contributed by atoms with Crippen molar-refractivity contribution in [2.45, 2.75) is 44.3 Å². The summed E-state index contributed by atoms with van der Waals surface area (Å²) in [6.07, 6.45) is 4.58. The van der Waals surface area contributed by atoms with E-state index in [-0.39, 0.29) is 11.0 Å². The molecule has 94 valence electrons. The standard InChI is InChI=1S/C11H20O4S/c1-9(11(12)15-2)8-16(13,14)10-6-4-3-5-7-10/h9-10H,3-8H2,1-2H3. The summed E-state index contributed by atoms with van der Waals surface area (Å²) in [7, 11) is -1.85. The Balaban J connectivity index is 2.60. The van der Waals surface area contributed by atoms with Crippen LogP contribution in [0.15, 0.2) is 0 Å². The van der Waals surface area contributed by atoms with Crippen molar-refractivity contribution < 1.29 is 17.9 Å². The fourth-order valence-corrected chi connectivity index (χ4v) is 4.33. The zero-order chi connectivity index (χ0) is 12.2. The maximum Gasteiger partial charge on any atom is 0.309 e. The van der Waals surface area contributed by atoms with Crippen LogP contribution >= 0.6 is 0 Å². The Morgan fingerprint density at radius 1 is 1.31 bits per heavy atom. The van der Waals surface area contributed by atoms with Crippen LogP contribution in [0, 0.1) is 5.92 Å². The fraction of sp³-hybridized carbons (Fsp3) is 0.909. The first-order chi connectivity index (χ1) is 7.47. The van der Waals surface area contributed by atoms with Gasteiger partial charge in [-0.05, 0) is 12.8 Å². The highest BCUT2D eigenvalue weighted by atomic mass is 32.2. The topological polar surface area (TPSA) is 60.4 Å². The molecule has 0 radical (unpaired) electrons. The Kier molecular flexibility index (Phi) is 4.77. The van der Waals surface area contributed by atoms with E-state index in [9.17, 15) is 13.2 Å². The fourth-order valence-electron chi connectivity index (χ4n) is 2.18. The minimum absolute atomic E-state index is 0.0790. The molecule has 16 heavy (non-hydrogen) atoms. The second-order valence-corrected chi connectivity index (χ2v) is 6.84. The van der Waals surface area contributed by atoms with E-state index >= 15 is 0 Å². The van der Waals surface area contributed by atoms with Gasteiger partial charge in [-0.3, -0.25) is 4.79 Å². The van der Waals surface area contributed by atoms with Crippen molar-refractivity contribution in [2.24, 2.45) is 5.92 Å². The first-order valence-corrected chi connectivity index (χ1v) is 7.48. The monoisotopic (exact) mass is 248 g/mol. The number of rotatable bonds is 4. The molecule has 0 saturated heterocycles. The van der Waals surface area contributed by atoms with Crippen molar-refractivity contribution in [2.75, 3.05) is 12.9 Å². The van der Waals surface area contributed by atoms with Crippen molar-refractivity contribution in [3.8, 4) is 0 Å². The molecule has 4 nitrogen and oxygen atoms in total. The molecule has 5 heteroatoms. The Labute approximate surface area is 97.3 Å². The third kappa shape index (κ3) is 3.47. The van der Waals surface area contributed by atoms with Crippen LogP contribution in [-0.2, 0) is 19.4 Å². The van der Waals surface area contributed by atoms with Gasteiger partial charge in [-0.15, -0.1) is 0 Å². The van der Waals surface area contributed by atoms with E-state index < -0.39 is 21.7 Å². The van der Waals surface area contributed by atoms with Crippen LogP contribution in [0.2, 0.25) is 0 Å². The molecule has 0 aromatic carbocycles. The van der Waals surface area contributed by atoms with Gasteiger partial charge in [0, 0.05) is 0 Å². The summed E-state index contributed by atoms with van der Waals surface area (Å²) in [6, 6.07) is 0. The summed E-state index contributed by atoms with van der Waals surface area (Å²) in [5.41, 5.74) is 0. The summed E-state index contributed by atoms with van der Waals surface area (Å²) in [5.74, 6) is -1.08. The number of methoxy groups -OCH3 is 1. The largest absolute Gasteiger partial charge is 0.469 e. The van der Waals surface area contributed by atoms with Crippen molar-refractivity contribution in [3.05, 3.63) is 0 Å². The normalized spacial score (nSPS) is 20.4. The molecule has 0 N–H and O–H groups in total. The molecule has 1 rings (SSSR count). The van der Waals surface area contributed by atoms with Crippen LogP contribution in [0.3, 0.4) is 0 Å². The lowest BCUT2D eigenvalue weighted by molar-refractivity contribution is -0.144. The number of esters is 1. The summed E-state index contributed by atoms with van der Waals surface area (Å²) in [5, 5.41) is -0.242. The van der Waals surface area contributed by atoms with Gasteiger partial charge in [0.2, 0.25) is 0 Å². The lowest BCUT2D eigenvalue weighted by Gasteiger charge is -2.22. The van der Waals surface area contributed by atoms with Crippen LogP contribution in [0.1, 0.15) is 39.0 Å². The first-order valence-electron chi connectivity index (χ1n) is 5.76. The summed E-state index contributed by atoms with van der Waals surface area (Å²) < 4.78 is 28.6. The Hall–Kier alpha value is -0.580. The third-order valence-corrected chi connectivity index (χ3v) is 5.60. The highest BCUT2D eigenvalue weighted by molar-refractivity contribution is 7.92. The van der Waals surface area contributed by atoms with Crippen molar-refractivity contribution in [1.82, 2.24) is 0 Å².